The largest absolute Gasteiger partial charge is 0.416 e. The van der Waals surface area contributed by atoms with Gasteiger partial charge in [-0.15, -0.1) is 11.8 Å². The van der Waals surface area contributed by atoms with Crippen LogP contribution in [0.2, 0.25) is 0 Å². The highest BCUT2D eigenvalue weighted by molar-refractivity contribution is 8.00. The number of alkyl halides is 3. The van der Waals surface area contributed by atoms with Gasteiger partial charge in [-0.1, -0.05) is 37.5 Å². The maximum atomic E-state index is 13.7. The number of carbonyl (C=O) groups is 1. The van der Waals surface area contributed by atoms with Crippen LogP contribution in [0.5, 0.6) is 0 Å². The Bertz CT molecular complexity index is 1150. The minimum atomic E-state index is -4.49. The molecule has 200 valence electrons. The number of hydrogen-bond acceptors (Lipinski definition) is 4. The van der Waals surface area contributed by atoms with Crippen LogP contribution in [0, 0.1) is 5.41 Å². The van der Waals surface area contributed by atoms with Gasteiger partial charge in [-0.25, -0.2) is 0 Å². The van der Waals surface area contributed by atoms with Gasteiger partial charge in [0.1, 0.15) is 11.1 Å². The number of halogens is 3. The molecule has 2 aromatic carbocycles. The zero-order valence-electron chi connectivity index (χ0n) is 21.3. The van der Waals surface area contributed by atoms with E-state index in [1.807, 2.05) is 0 Å². The van der Waals surface area contributed by atoms with Crippen molar-refractivity contribution in [2.24, 2.45) is 5.73 Å². The summed E-state index contributed by atoms with van der Waals surface area (Å²) >= 11 is 1.25. The van der Waals surface area contributed by atoms with Crippen molar-refractivity contribution in [3.63, 3.8) is 0 Å². The third-order valence-corrected chi connectivity index (χ3v) is 8.69. The maximum Gasteiger partial charge on any atom is 0.416 e. The molecule has 0 aliphatic carbocycles. The van der Waals surface area contributed by atoms with E-state index < -0.39 is 17.0 Å². The van der Waals surface area contributed by atoms with Gasteiger partial charge >= 0.3 is 6.18 Å². The van der Waals surface area contributed by atoms with Gasteiger partial charge in [0, 0.05) is 28.6 Å². The average molecular weight is 533 g/mol. The van der Waals surface area contributed by atoms with Crippen LogP contribution in [-0.2, 0) is 11.0 Å². The number of amides is 1. The molecule has 4 N–H and O–H groups in total. The summed E-state index contributed by atoms with van der Waals surface area (Å²) in [4.78, 5) is 15.8. The fourth-order valence-electron chi connectivity index (χ4n) is 5.45. The number of piperidine rings is 1. The van der Waals surface area contributed by atoms with E-state index in [1.165, 1.54) is 35.6 Å². The molecule has 3 atom stereocenters. The van der Waals surface area contributed by atoms with E-state index in [1.54, 1.807) is 24.3 Å². The summed E-state index contributed by atoms with van der Waals surface area (Å²) in [5, 5.41) is 10.8. The van der Waals surface area contributed by atoms with E-state index in [2.05, 4.69) is 19.2 Å². The number of unbranched alkanes of at least 4 members (excludes halogenated alkanes) is 2. The number of carbonyl (C=O) groups excluding carboxylic acids is 1. The van der Waals surface area contributed by atoms with Gasteiger partial charge in [0.2, 0.25) is 5.91 Å². The Balaban J connectivity index is 1.52. The van der Waals surface area contributed by atoms with Crippen molar-refractivity contribution in [1.29, 1.82) is 5.41 Å². The highest BCUT2D eigenvalue weighted by Gasteiger charge is 2.38. The number of anilines is 1. The molecule has 1 amide bonds. The summed E-state index contributed by atoms with van der Waals surface area (Å²) in [6, 6.07) is 11.1. The second kappa shape index (κ2) is 11.1. The minimum Gasteiger partial charge on any atom is -0.384 e. The van der Waals surface area contributed by atoms with Gasteiger partial charge in [0.15, 0.2) is 0 Å². The van der Waals surface area contributed by atoms with Crippen LogP contribution in [0.1, 0.15) is 80.7 Å². The zero-order valence-corrected chi connectivity index (χ0v) is 22.1. The first-order chi connectivity index (χ1) is 17.5. The molecule has 0 saturated carbocycles. The van der Waals surface area contributed by atoms with Gasteiger partial charge < -0.3 is 16.0 Å². The molecule has 1 unspecified atom stereocenters. The third kappa shape index (κ3) is 6.49. The Morgan fingerprint density at radius 2 is 2.00 bits per heavy atom. The van der Waals surface area contributed by atoms with E-state index in [-0.39, 0.29) is 17.3 Å². The molecule has 37 heavy (non-hydrogen) atoms. The van der Waals surface area contributed by atoms with Crippen LogP contribution in [0.15, 0.2) is 47.4 Å². The number of amidine groups is 1. The van der Waals surface area contributed by atoms with Gasteiger partial charge in [0.05, 0.1) is 11.3 Å². The Labute approximate surface area is 220 Å². The summed E-state index contributed by atoms with van der Waals surface area (Å²) in [6.45, 7) is 4.84. The van der Waals surface area contributed by atoms with E-state index in [9.17, 15) is 18.0 Å². The normalized spacial score (nSPS) is 24.1. The molecule has 0 bridgehead atoms. The molecule has 2 aliphatic rings. The molecule has 0 radical (unpaired) electrons. The number of rotatable bonds is 8. The van der Waals surface area contributed by atoms with Crippen molar-refractivity contribution < 1.29 is 18.0 Å². The quantitative estimate of drug-likeness (QED) is 0.202. The molecular formula is C28H35F3N4OS. The number of thioether (sulfide) groups is 1. The number of benzene rings is 2. The molecule has 2 aromatic rings. The number of hydrogen-bond donors (Lipinski definition) is 3. The molecule has 2 aliphatic heterocycles. The molecular weight excluding hydrogens is 497 g/mol. The minimum absolute atomic E-state index is 0.0993. The third-order valence-electron chi connectivity index (χ3n) is 7.38. The SMILES string of the molecule is C[C@H]1CCC[C@@](C)(CCCCCN2C(=O)C(c3cccc(C(=N)N)c3)Sc3ccc(C(F)(F)F)cc32)N1. The highest BCUT2D eigenvalue weighted by atomic mass is 32.2. The smallest absolute Gasteiger partial charge is 0.384 e. The average Bonchev–Trinajstić information content (AvgIpc) is 2.83. The summed E-state index contributed by atoms with van der Waals surface area (Å²) in [5.74, 6) is -0.343. The van der Waals surface area contributed by atoms with Gasteiger partial charge in [-0.3, -0.25) is 10.2 Å². The summed E-state index contributed by atoms with van der Waals surface area (Å²) in [7, 11) is 0. The Morgan fingerprint density at radius 1 is 1.22 bits per heavy atom. The zero-order chi connectivity index (χ0) is 26.8. The number of fused-ring (bicyclic) bond motifs is 1. The summed E-state index contributed by atoms with van der Waals surface area (Å²) in [5.41, 5.74) is 6.52. The first-order valence-electron chi connectivity index (χ1n) is 12.9. The topological polar surface area (TPSA) is 82.2 Å². The summed E-state index contributed by atoms with van der Waals surface area (Å²) in [6.07, 6.45) is 2.70. The van der Waals surface area contributed by atoms with Crippen LogP contribution in [0.3, 0.4) is 0 Å². The monoisotopic (exact) mass is 532 g/mol. The van der Waals surface area contributed by atoms with Crippen LogP contribution in [0.4, 0.5) is 18.9 Å². The molecule has 0 spiro atoms. The lowest BCUT2D eigenvalue weighted by molar-refractivity contribution is -0.137. The predicted octanol–water partition coefficient (Wildman–Crippen LogP) is 6.65. The van der Waals surface area contributed by atoms with Crippen LogP contribution >= 0.6 is 11.8 Å². The van der Waals surface area contributed by atoms with Crippen molar-refractivity contribution >= 4 is 29.2 Å². The Kier molecular flexibility index (Phi) is 8.23. The number of nitrogens with two attached hydrogens (primary N) is 1. The first-order valence-corrected chi connectivity index (χ1v) is 13.8. The van der Waals surface area contributed by atoms with Gasteiger partial charge in [0.25, 0.3) is 0 Å². The second-order valence-electron chi connectivity index (χ2n) is 10.5. The summed E-state index contributed by atoms with van der Waals surface area (Å²) < 4.78 is 40.5. The number of nitrogen functional groups attached to an aromatic ring is 1. The lowest BCUT2D eigenvalue weighted by Gasteiger charge is -2.39. The van der Waals surface area contributed by atoms with Crippen molar-refractivity contribution in [1.82, 2.24) is 5.32 Å². The second-order valence-corrected chi connectivity index (χ2v) is 11.7. The molecule has 1 saturated heterocycles. The van der Waals surface area contributed by atoms with Crippen molar-refractivity contribution in [3.8, 4) is 0 Å². The molecule has 9 heteroatoms. The van der Waals surface area contributed by atoms with Crippen molar-refractivity contribution in [2.45, 2.75) is 86.7 Å². The highest BCUT2D eigenvalue weighted by Crippen LogP contribution is 2.48. The van der Waals surface area contributed by atoms with E-state index in [0.717, 1.165) is 37.8 Å². The van der Waals surface area contributed by atoms with E-state index >= 15 is 0 Å². The van der Waals surface area contributed by atoms with Crippen molar-refractivity contribution in [2.75, 3.05) is 11.4 Å². The Hall–Kier alpha value is -2.52. The number of nitrogens with one attached hydrogen (secondary N) is 2. The standard InChI is InChI=1S/C28H35F3N4OS/c1-18-8-7-14-27(2,34-18)13-4-3-5-15-35-22-17-21(28(29,30)31)11-12-23(22)37-24(26(35)36)19-9-6-10-20(16-19)25(32)33/h6,9-12,16-18,24,34H,3-5,7-8,13-15H2,1-2H3,(H3,32,33)/t18-,24?,27+/m0/s1. The van der Waals surface area contributed by atoms with E-state index in [4.69, 9.17) is 11.1 Å². The molecule has 5 nitrogen and oxygen atoms in total. The van der Waals surface area contributed by atoms with Gasteiger partial charge in [-0.05, 0) is 69.4 Å². The molecule has 2 heterocycles. The number of nitrogens with zero attached hydrogens (tertiary/aromatic N) is 1. The Morgan fingerprint density at radius 3 is 2.70 bits per heavy atom. The van der Waals surface area contributed by atoms with Crippen LogP contribution in [-0.4, -0.2) is 29.9 Å². The predicted molar refractivity (Wildman–Crippen MR) is 143 cm³/mol. The lowest BCUT2D eigenvalue weighted by Crippen LogP contribution is -2.50. The molecule has 1 fully saturated rings. The van der Waals surface area contributed by atoms with E-state index in [0.29, 0.717) is 40.7 Å². The lowest BCUT2D eigenvalue weighted by atomic mass is 9.84. The van der Waals surface area contributed by atoms with Gasteiger partial charge in [-0.2, -0.15) is 13.2 Å². The van der Waals surface area contributed by atoms with Crippen LogP contribution < -0.4 is 16.0 Å². The van der Waals surface area contributed by atoms with Crippen LogP contribution in [0.25, 0.3) is 0 Å². The fraction of sp³-hybridized carbons (Fsp3) is 0.500. The molecule has 4 rings (SSSR count). The first kappa shape index (κ1) is 27.5. The maximum absolute atomic E-state index is 13.7. The fourth-order valence-corrected chi connectivity index (χ4v) is 6.65. The van der Waals surface area contributed by atoms with Crippen molar-refractivity contribution in [3.05, 3.63) is 59.2 Å². The molecule has 0 aromatic heterocycles.